The van der Waals surface area contributed by atoms with Crippen LogP contribution in [0, 0.1) is 6.92 Å². The van der Waals surface area contributed by atoms with Crippen LogP contribution >= 0.6 is 0 Å². The molecule has 2 fully saturated rings. The van der Waals surface area contributed by atoms with Gasteiger partial charge in [-0.2, -0.15) is 9.29 Å². The topological polar surface area (TPSA) is 98.3 Å². The van der Waals surface area contributed by atoms with Gasteiger partial charge in [0.05, 0.1) is 12.5 Å². The highest BCUT2D eigenvalue weighted by atomic mass is 32.2. The van der Waals surface area contributed by atoms with Crippen molar-refractivity contribution >= 4 is 21.8 Å². The zero-order valence-corrected chi connectivity index (χ0v) is 15.6. The molecule has 2 aliphatic rings. The fourth-order valence-electron chi connectivity index (χ4n) is 3.44. The third kappa shape index (κ3) is 3.26. The number of sulfonamides is 1. The average molecular weight is 377 g/mol. The number of hydrogen-bond donors (Lipinski definition) is 1. The van der Waals surface area contributed by atoms with Crippen molar-refractivity contribution < 1.29 is 8.42 Å². The number of nitrogens with one attached hydrogen (secondary N) is 1. The first-order valence-corrected chi connectivity index (χ1v) is 10.3. The van der Waals surface area contributed by atoms with E-state index in [-0.39, 0.29) is 5.03 Å². The van der Waals surface area contributed by atoms with Gasteiger partial charge in [0.2, 0.25) is 5.95 Å². The number of imidazole rings is 1. The van der Waals surface area contributed by atoms with Crippen LogP contribution in [0.15, 0.2) is 23.6 Å². The highest BCUT2D eigenvalue weighted by Crippen LogP contribution is 2.23. The molecule has 26 heavy (non-hydrogen) atoms. The first kappa shape index (κ1) is 17.2. The summed E-state index contributed by atoms with van der Waals surface area (Å²) in [4.78, 5) is 20.1. The molecule has 10 heteroatoms. The molecule has 2 aromatic heterocycles. The van der Waals surface area contributed by atoms with E-state index in [0.717, 1.165) is 30.5 Å². The summed E-state index contributed by atoms with van der Waals surface area (Å²) < 4.78 is 26.6. The van der Waals surface area contributed by atoms with Crippen molar-refractivity contribution in [1.29, 1.82) is 0 Å². The Morgan fingerprint density at radius 3 is 2.38 bits per heavy atom. The number of H-pyrrole nitrogens is 1. The maximum absolute atomic E-state index is 12.6. The molecule has 0 atom stereocenters. The molecule has 2 aliphatic heterocycles. The minimum absolute atomic E-state index is 0.139. The first-order valence-electron chi connectivity index (χ1n) is 8.88. The predicted octanol–water partition coefficient (Wildman–Crippen LogP) is 0.619. The standard InChI is InChI=1S/C16H23N7O2S/c1-13-10-14(20-16(19-13)22-4-2-3-5-22)21-6-8-23(9-7-21)26(24,25)15-11-17-12-18-15/h10-12H,2-9H2,1H3,(H,17,18). The van der Waals surface area contributed by atoms with Crippen LogP contribution in [0.2, 0.25) is 0 Å². The highest BCUT2D eigenvalue weighted by molar-refractivity contribution is 7.89. The Bertz CT molecular complexity index is 855. The number of hydrogen-bond acceptors (Lipinski definition) is 7. The summed E-state index contributed by atoms with van der Waals surface area (Å²) in [6.07, 6.45) is 5.08. The van der Waals surface area contributed by atoms with Gasteiger partial charge in [-0.05, 0) is 19.8 Å². The molecular weight excluding hydrogens is 354 g/mol. The van der Waals surface area contributed by atoms with Crippen molar-refractivity contribution in [3.8, 4) is 0 Å². The smallest absolute Gasteiger partial charge is 0.260 e. The van der Waals surface area contributed by atoms with Crippen molar-refractivity contribution in [2.45, 2.75) is 24.8 Å². The summed E-state index contributed by atoms with van der Waals surface area (Å²) in [6.45, 7) is 6.02. The molecule has 2 saturated heterocycles. The van der Waals surface area contributed by atoms with E-state index in [1.54, 1.807) is 0 Å². The van der Waals surface area contributed by atoms with Gasteiger partial charge in [-0.15, -0.1) is 0 Å². The zero-order valence-electron chi connectivity index (χ0n) is 14.8. The lowest BCUT2D eigenvalue weighted by Gasteiger charge is -2.34. The largest absolute Gasteiger partial charge is 0.354 e. The van der Waals surface area contributed by atoms with Crippen LogP contribution in [0.5, 0.6) is 0 Å². The summed E-state index contributed by atoms with van der Waals surface area (Å²) in [6, 6.07) is 1.97. The van der Waals surface area contributed by atoms with Crippen LogP contribution in [0.3, 0.4) is 0 Å². The quantitative estimate of drug-likeness (QED) is 0.834. The van der Waals surface area contributed by atoms with Crippen molar-refractivity contribution in [3.63, 3.8) is 0 Å². The Morgan fingerprint density at radius 2 is 1.73 bits per heavy atom. The van der Waals surface area contributed by atoms with E-state index in [2.05, 4.69) is 24.8 Å². The summed E-state index contributed by atoms with van der Waals surface area (Å²) in [5.41, 5.74) is 0.935. The molecule has 1 N–H and O–H groups in total. The summed E-state index contributed by atoms with van der Waals surface area (Å²) in [5.74, 6) is 1.66. The maximum atomic E-state index is 12.6. The van der Waals surface area contributed by atoms with Crippen molar-refractivity contribution in [2.24, 2.45) is 0 Å². The molecule has 0 aromatic carbocycles. The van der Waals surface area contributed by atoms with Gasteiger partial charge in [0, 0.05) is 51.0 Å². The van der Waals surface area contributed by atoms with Crippen LogP contribution in [-0.4, -0.2) is 71.9 Å². The van der Waals surface area contributed by atoms with Gasteiger partial charge in [0.25, 0.3) is 10.0 Å². The average Bonchev–Trinajstić information content (AvgIpc) is 3.35. The van der Waals surface area contributed by atoms with E-state index in [0.29, 0.717) is 26.2 Å². The molecule has 0 unspecified atom stereocenters. The monoisotopic (exact) mass is 377 g/mol. The molecule has 9 nitrogen and oxygen atoms in total. The number of nitrogens with zero attached hydrogens (tertiary/aromatic N) is 6. The number of anilines is 2. The molecule has 0 aliphatic carbocycles. The van der Waals surface area contributed by atoms with Gasteiger partial charge in [-0.1, -0.05) is 0 Å². The van der Waals surface area contributed by atoms with E-state index in [9.17, 15) is 8.42 Å². The molecular formula is C16H23N7O2S. The van der Waals surface area contributed by atoms with Crippen LogP contribution in [0.4, 0.5) is 11.8 Å². The van der Waals surface area contributed by atoms with Gasteiger partial charge in [-0.3, -0.25) is 0 Å². The fraction of sp³-hybridized carbons (Fsp3) is 0.562. The fourth-order valence-corrected chi connectivity index (χ4v) is 4.76. The van der Waals surface area contributed by atoms with Crippen LogP contribution < -0.4 is 9.80 Å². The van der Waals surface area contributed by atoms with E-state index < -0.39 is 10.0 Å². The highest BCUT2D eigenvalue weighted by Gasteiger charge is 2.30. The Labute approximate surface area is 153 Å². The second-order valence-electron chi connectivity index (χ2n) is 6.67. The molecule has 4 heterocycles. The maximum Gasteiger partial charge on any atom is 0.260 e. The van der Waals surface area contributed by atoms with Gasteiger partial charge in [0.15, 0.2) is 5.03 Å². The Kier molecular flexibility index (Phi) is 4.53. The normalized spacial score (nSPS) is 19.3. The van der Waals surface area contributed by atoms with Gasteiger partial charge < -0.3 is 14.8 Å². The van der Waals surface area contributed by atoms with E-state index in [4.69, 9.17) is 4.98 Å². The number of aryl methyl sites for hydroxylation is 1. The third-order valence-corrected chi connectivity index (χ3v) is 6.70. The lowest BCUT2D eigenvalue weighted by atomic mass is 10.3. The SMILES string of the molecule is Cc1cc(N2CCN(S(=O)(=O)c3cnc[nH]3)CC2)nc(N2CCCC2)n1. The van der Waals surface area contributed by atoms with Crippen LogP contribution in [0.1, 0.15) is 18.5 Å². The Balaban J connectivity index is 1.48. The number of aromatic amines is 1. The Hall–Kier alpha value is -2.20. The Morgan fingerprint density at radius 1 is 1.00 bits per heavy atom. The second-order valence-corrected chi connectivity index (χ2v) is 8.58. The summed E-state index contributed by atoms with van der Waals surface area (Å²) >= 11 is 0. The van der Waals surface area contributed by atoms with Crippen molar-refractivity contribution in [1.82, 2.24) is 24.2 Å². The molecule has 140 valence electrons. The van der Waals surface area contributed by atoms with Crippen LogP contribution in [-0.2, 0) is 10.0 Å². The molecule has 0 radical (unpaired) electrons. The molecule has 0 amide bonds. The van der Waals surface area contributed by atoms with E-state index >= 15 is 0 Å². The number of piperazine rings is 1. The van der Waals surface area contributed by atoms with Crippen molar-refractivity contribution in [2.75, 3.05) is 49.1 Å². The van der Waals surface area contributed by atoms with Crippen molar-refractivity contribution in [3.05, 3.63) is 24.3 Å². The minimum Gasteiger partial charge on any atom is -0.354 e. The van der Waals surface area contributed by atoms with Gasteiger partial charge in [-0.25, -0.2) is 18.4 Å². The number of aromatic nitrogens is 4. The van der Waals surface area contributed by atoms with Crippen LogP contribution in [0.25, 0.3) is 0 Å². The molecule has 0 spiro atoms. The molecule has 4 rings (SSSR count). The lowest BCUT2D eigenvalue weighted by molar-refractivity contribution is 0.382. The first-order chi connectivity index (χ1) is 12.5. The molecule has 2 aromatic rings. The summed E-state index contributed by atoms with van der Waals surface area (Å²) in [5, 5.41) is 0.139. The molecule has 0 bridgehead atoms. The zero-order chi connectivity index (χ0) is 18.1. The van der Waals surface area contributed by atoms with E-state index in [1.807, 2.05) is 13.0 Å². The van der Waals surface area contributed by atoms with Gasteiger partial charge in [0.1, 0.15) is 5.82 Å². The lowest BCUT2D eigenvalue weighted by Crippen LogP contribution is -2.49. The predicted molar refractivity (Wildman–Crippen MR) is 97.8 cm³/mol. The summed E-state index contributed by atoms with van der Waals surface area (Å²) in [7, 11) is -3.51. The molecule has 0 saturated carbocycles. The minimum atomic E-state index is -3.51. The number of rotatable bonds is 4. The van der Waals surface area contributed by atoms with E-state index in [1.165, 1.54) is 29.7 Å². The van der Waals surface area contributed by atoms with Gasteiger partial charge >= 0.3 is 0 Å². The third-order valence-electron chi connectivity index (χ3n) is 4.87. The second kappa shape index (κ2) is 6.84.